The van der Waals surface area contributed by atoms with Gasteiger partial charge in [-0.15, -0.1) is 0 Å². The summed E-state index contributed by atoms with van der Waals surface area (Å²) in [6.45, 7) is 0.104. The number of non-ortho nitro benzene ring substituents is 1. The van der Waals surface area contributed by atoms with Gasteiger partial charge in [-0.2, -0.15) is 5.26 Å². The van der Waals surface area contributed by atoms with Crippen molar-refractivity contribution in [2.24, 2.45) is 0 Å². The number of hydrogen-bond acceptors (Lipinski definition) is 5. The van der Waals surface area contributed by atoms with Crippen LogP contribution in [0.3, 0.4) is 0 Å². The summed E-state index contributed by atoms with van der Waals surface area (Å²) in [6.07, 6.45) is 1.62. The van der Waals surface area contributed by atoms with Crippen molar-refractivity contribution in [1.82, 2.24) is 0 Å². The molecular weight excluding hydrogens is 467 g/mol. The van der Waals surface area contributed by atoms with E-state index in [-0.39, 0.29) is 17.9 Å². The summed E-state index contributed by atoms with van der Waals surface area (Å²) in [5, 5.41) is 20.4. The third kappa shape index (κ3) is 5.47. The van der Waals surface area contributed by atoms with Crippen molar-refractivity contribution in [3.05, 3.63) is 97.8 Å². The molecule has 3 aromatic rings. The maximum Gasteiger partial charge on any atom is 0.269 e. The minimum absolute atomic E-state index is 0.0175. The molecule has 0 amide bonds. The zero-order valence-corrected chi connectivity index (χ0v) is 17.9. The summed E-state index contributed by atoms with van der Waals surface area (Å²) in [4.78, 5) is 10.5. The van der Waals surface area contributed by atoms with E-state index in [0.717, 1.165) is 0 Å². The highest BCUT2D eigenvalue weighted by atomic mass is 79.9. The Labute approximate surface area is 186 Å². The molecule has 0 aliphatic rings. The Balaban J connectivity index is 1.89. The van der Waals surface area contributed by atoms with Gasteiger partial charge in [0.15, 0.2) is 11.5 Å². The highest BCUT2D eigenvalue weighted by molar-refractivity contribution is 9.10. The Hall–Kier alpha value is -3.70. The lowest BCUT2D eigenvalue weighted by atomic mass is 10.0. The molecule has 0 heterocycles. The second-order valence-electron chi connectivity index (χ2n) is 6.42. The van der Waals surface area contributed by atoms with Gasteiger partial charge in [-0.1, -0.05) is 40.2 Å². The highest BCUT2D eigenvalue weighted by Crippen LogP contribution is 2.36. The third-order valence-corrected chi connectivity index (χ3v) is 5.04. The molecule has 31 heavy (non-hydrogen) atoms. The topological polar surface area (TPSA) is 85.4 Å². The molecule has 0 N–H and O–H groups in total. The zero-order chi connectivity index (χ0) is 22.4. The van der Waals surface area contributed by atoms with E-state index in [2.05, 4.69) is 22.0 Å². The molecule has 0 aliphatic carbocycles. The van der Waals surface area contributed by atoms with E-state index in [1.807, 2.05) is 0 Å². The number of ether oxygens (including phenoxy) is 2. The summed E-state index contributed by atoms with van der Waals surface area (Å²) in [5.74, 6) is 0.402. The van der Waals surface area contributed by atoms with Crippen LogP contribution in [0.25, 0.3) is 11.6 Å². The summed E-state index contributed by atoms with van der Waals surface area (Å²) in [5.41, 5.74) is 2.00. The second kappa shape index (κ2) is 9.87. The van der Waals surface area contributed by atoms with Gasteiger partial charge in [0.2, 0.25) is 0 Å². The van der Waals surface area contributed by atoms with Crippen LogP contribution in [0.5, 0.6) is 11.5 Å². The molecule has 3 rings (SSSR count). The van der Waals surface area contributed by atoms with Crippen molar-refractivity contribution in [1.29, 1.82) is 5.26 Å². The molecule has 0 radical (unpaired) electrons. The van der Waals surface area contributed by atoms with Gasteiger partial charge in [0.1, 0.15) is 12.4 Å². The van der Waals surface area contributed by atoms with Crippen LogP contribution < -0.4 is 9.47 Å². The first-order chi connectivity index (χ1) is 14.9. The van der Waals surface area contributed by atoms with Crippen molar-refractivity contribution >= 4 is 33.3 Å². The third-order valence-electron chi connectivity index (χ3n) is 4.35. The van der Waals surface area contributed by atoms with Crippen LogP contribution in [-0.2, 0) is 6.61 Å². The molecule has 156 valence electrons. The Morgan fingerprint density at radius 3 is 2.65 bits per heavy atom. The predicted molar refractivity (Wildman–Crippen MR) is 118 cm³/mol. The number of benzene rings is 3. The molecule has 0 saturated heterocycles. The summed E-state index contributed by atoms with van der Waals surface area (Å²) in [7, 11) is 1.48. The van der Waals surface area contributed by atoms with Crippen molar-refractivity contribution < 1.29 is 18.8 Å². The number of nitrogens with zero attached hydrogens (tertiary/aromatic N) is 2. The average molecular weight is 483 g/mol. The molecule has 0 fully saturated rings. The molecule has 8 heteroatoms. The van der Waals surface area contributed by atoms with E-state index in [9.17, 15) is 19.8 Å². The number of halogens is 2. The summed E-state index contributed by atoms with van der Waals surface area (Å²) >= 11 is 3.46. The molecule has 0 aromatic heterocycles. The molecule has 0 saturated carbocycles. The molecule has 6 nitrogen and oxygen atoms in total. The fourth-order valence-electron chi connectivity index (χ4n) is 2.85. The fraction of sp³-hybridized carbons (Fsp3) is 0.0870. The average Bonchev–Trinajstić information content (AvgIpc) is 2.77. The maximum atomic E-state index is 13.5. The quantitative estimate of drug-likeness (QED) is 0.174. The van der Waals surface area contributed by atoms with Gasteiger partial charge in [-0.05, 0) is 47.0 Å². The monoisotopic (exact) mass is 482 g/mol. The van der Waals surface area contributed by atoms with Crippen LogP contribution in [-0.4, -0.2) is 12.0 Å². The lowest BCUT2D eigenvalue weighted by molar-refractivity contribution is -0.384. The molecule has 0 atom stereocenters. The highest BCUT2D eigenvalue weighted by Gasteiger charge is 2.12. The first-order valence-electron chi connectivity index (χ1n) is 9.02. The Bertz CT molecular complexity index is 1200. The van der Waals surface area contributed by atoms with Crippen LogP contribution in [0, 0.1) is 27.3 Å². The van der Waals surface area contributed by atoms with Gasteiger partial charge >= 0.3 is 0 Å². The summed E-state index contributed by atoms with van der Waals surface area (Å²) < 4.78 is 25.4. The van der Waals surface area contributed by atoms with Crippen molar-refractivity contribution in [3.63, 3.8) is 0 Å². The zero-order valence-electron chi connectivity index (χ0n) is 16.3. The van der Waals surface area contributed by atoms with Gasteiger partial charge < -0.3 is 9.47 Å². The minimum Gasteiger partial charge on any atom is -0.493 e. The second-order valence-corrected chi connectivity index (χ2v) is 7.27. The van der Waals surface area contributed by atoms with Crippen LogP contribution in [0.2, 0.25) is 0 Å². The van der Waals surface area contributed by atoms with E-state index in [4.69, 9.17) is 9.47 Å². The maximum absolute atomic E-state index is 13.5. The Morgan fingerprint density at radius 1 is 1.19 bits per heavy atom. The van der Waals surface area contributed by atoms with E-state index in [1.165, 1.54) is 37.4 Å². The predicted octanol–water partition coefficient (Wildman–Crippen LogP) is 6.15. The van der Waals surface area contributed by atoms with Gasteiger partial charge in [-0.25, -0.2) is 4.39 Å². The van der Waals surface area contributed by atoms with Crippen molar-refractivity contribution in [2.75, 3.05) is 7.11 Å². The molecule has 0 spiro atoms. The number of nitro benzene ring substituents is 1. The number of rotatable bonds is 7. The lowest BCUT2D eigenvalue weighted by Gasteiger charge is -2.13. The first kappa shape index (κ1) is 22.0. The molecule has 0 aliphatic heterocycles. The fourth-order valence-corrected chi connectivity index (χ4v) is 3.28. The van der Waals surface area contributed by atoms with E-state index >= 15 is 0 Å². The smallest absolute Gasteiger partial charge is 0.269 e. The van der Waals surface area contributed by atoms with Gasteiger partial charge in [0, 0.05) is 16.6 Å². The number of nitro groups is 1. The van der Waals surface area contributed by atoms with Crippen LogP contribution in [0.4, 0.5) is 10.1 Å². The number of nitriles is 1. The first-order valence-corrected chi connectivity index (χ1v) is 9.82. The van der Waals surface area contributed by atoms with Crippen molar-refractivity contribution in [2.45, 2.75) is 6.61 Å². The van der Waals surface area contributed by atoms with Crippen LogP contribution in [0.15, 0.2) is 65.1 Å². The molecule has 3 aromatic carbocycles. The summed E-state index contributed by atoms with van der Waals surface area (Å²) in [6, 6.07) is 17.4. The normalized spacial score (nSPS) is 11.0. The van der Waals surface area contributed by atoms with Crippen molar-refractivity contribution in [3.8, 4) is 17.6 Å². The SMILES string of the molecule is COc1cc(/C=C(/C#N)c2cccc(F)c2)c(Br)cc1OCc1cccc([N+](=O)[O-])c1. The van der Waals surface area contributed by atoms with E-state index in [0.29, 0.717) is 32.7 Å². The molecular formula is C23H16BrFN2O4. The lowest BCUT2D eigenvalue weighted by Crippen LogP contribution is -1.99. The number of methoxy groups -OCH3 is 1. The molecule has 0 bridgehead atoms. The largest absolute Gasteiger partial charge is 0.493 e. The Morgan fingerprint density at radius 2 is 1.97 bits per heavy atom. The number of hydrogen-bond donors (Lipinski definition) is 0. The van der Waals surface area contributed by atoms with Gasteiger partial charge in [0.05, 0.1) is 23.7 Å². The van der Waals surface area contributed by atoms with Crippen LogP contribution >= 0.6 is 15.9 Å². The minimum atomic E-state index is -0.465. The number of allylic oxidation sites excluding steroid dienone is 1. The van der Waals surface area contributed by atoms with E-state index in [1.54, 1.807) is 36.4 Å². The van der Waals surface area contributed by atoms with Gasteiger partial charge in [0.25, 0.3) is 5.69 Å². The Kier molecular flexibility index (Phi) is 7.00. The molecule has 0 unspecified atom stereocenters. The standard InChI is InChI=1S/C23H16BrFN2O4/c1-30-22-11-17(9-18(13-26)16-5-3-6-19(25)10-16)21(24)12-23(22)31-14-15-4-2-7-20(8-15)27(28)29/h2-12H,14H2,1H3/b18-9-. The van der Waals surface area contributed by atoms with Gasteiger partial charge in [-0.3, -0.25) is 10.1 Å². The van der Waals surface area contributed by atoms with Crippen LogP contribution in [0.1, 0.15) is 16.7 Å². The van der Waals surface area contributed by atoms with E-state index < -0.39 is 10.7 Å².